The van der Waals surface area contributed by atoms with Crippen LogP contribution < -0.4 is 14.7 Å². The van der Waals surface area contributed by atoms with Gasteiger partial charge in [0.1, 0.15) is 37.4 Å². The molecule has 3 N–H and O–H groups in total. The summed E-state index contributed by atoms with van der Waals surface area (Å²) in [7, 11) is 4.83. The molecule has 0 spiro atoms. The number of nitrogens with zero attached hydrogens (tertiary/aromatic N) is 6. The second-order valence-corrected chi connectivity index (χ2v) is 14.3. The summed E-state index contributed by atoms with van der Waals surface area (Å²) in [5.74, 6) is 2.39. The van der Waals surface area contributed by atoms with Gasteiger partial charge in [-0.1, -0.05) is 65.8 Å². The van der Waals surface area contributed by atoms with Gasteiger partial charge < -0.3 is 44.2 Å². The third-order valence-electron chi connectivity index (χ3n) is 10.1. The molecule has 294 valence electrons. The van der Waals surface area contributed by atoms with Crippen LogP contribution in [0.15, 0.2) is 54.6 Å². The van der Waals surface area contributed by atoms with E-state index in [4.69, 9.17) is 29.2 Å². The van der Waals surface area contributed by atoms with Crippen molar-refractivity contribution in [2.75, 3.05) is 56.2 Å². The normalized spacial score (nSPS) is 13.1. The van der Waals surface area contributed by atoms with E-state index in [-0.39, 0.29) is 55.8 Å². The molecule has 0 aliphatic heterocycles. The monoisotopic (exact) mass is 744 g/mol. The second kappa shape index (κ2) is 20.1. The molecule has 54 heavy (non-hydrogen) atoms. The molecule has 0 saturated heterocycles. The summed E-state index contributed by atoms with van der Waals surface area (Å²) in [4.78, 5) is 20.6. The molecule has 12 heteroatoms. The maximum atomic E-state index is 11.0. The first-order chi connectivity index (χ1) is 25.9. The highest BCUT2D eigenvalue weighted by Gasteiger charge is 2.23. The highest BCUT2D eigenvalue weighted by Crippen LogP contribution is 2.31. The van der Waals surface area contributed by atoms with E-state index in [1.165, 1.54) is 0 Å². The lowest BCUT2D eigenvalue weighted by atomic mass is 9.96. The van der Waals surface area contributed by atoms with Crippen LogP contribution in [0.3, 0.4) is 0 Å². The highest BCUT2D eigenvalue weighted by molar-refractivity contribution is 5.50. The lowest BCUT2D eigenvalue weighted by molar-refractivity contribution is 0.191. The van der Waals surface area contributed by atoms with E-state index >= 15 is 0 Å². The third kappa shape index (κ3) is 11.2. The molecule has 0 bridgehead atoms. The zero-order valence-corrected chi connectivity index (χ0v) is 33.5. The number of hydrogen-bond acceptors (Lipinski definition) is 12. The van der Waals surface area contributed by atoms with E-state index in [1.807, 2.05) is 39.0 Å². The Kier molecular flexibility index (Phi) is 15.7. The molecule has 3 atom stereocenters. The minimum atomic E-state index is 0.125. The second-order valence-electron chi connectivity index (χ2n) is 14.3. The molecular formula is C42H60N6O6. The molecular weight excluding hydrogens is 684 g/mol. The Labute approximate surface area is 321 Å². The Balaban J connectivity index is 1.87. The Morgan fingerprint density at radius 1 is 0.519 bits per heavy atom. The number of phenolic OH excluding ortho intramolecular Hbond substituents is 3. The standard InChI is InChI=1S/C42H60N6O6/c1-10-28(4)33-13-14-39(51)36(19-33)24-48(27-54-9)42-44-40(46(25-52-7)22-31-15-34(29(5)11-2)20-37(49)17-31)43-41(45-42)47(26-53-8)23-32-16-35(30(6)12-3)21-38(50)18-32/h13-21,28-30,49-51H,10-12,22-27H2,1-9H3. The van der Waals surface area contributed by atoms with Gasteiger partial charge in [-0.3, -0.25) is 0 Å². The minimum Gasteiger partial charge on any atom is -0.508 e. The fraction of sp³-hybridized carbons (Fsp3) is 0.500. The Hall–Kier alpha value is -4.65. The van der Waals surface area contributed by atoms with Crippen molar-refractivity contribution in [3.05, 3.63) is 88.0 Å². The van der Waals surface area contributed by atoms with Gasteiger partial charge >= 0.3 is 0 Å². The third-order valence-corrected chi connectivity index (χ3v) is 10.1. The van der Waals surface area contributed by atoms with Gasteiger partial charge in [0, 0.05) is 40.0 Å². The number of anilines is 3. The molecule has 1 heterocycles. The van der Waals surface area contributed by atoms with Crippen molar-refractivity contribution in [3.63, 3.8) is 0 Å². The van der Waals surface area contributed by atoms with Crippen LogP contribution in [0.4, 0.5) is 17.8 Å². The summed E-state index contributed by atoms with van der Waals surface area (Å²) in [6, 6.07) is 17.0. The van der Waals surface area contributed by atoms with Crippen LogP contribution in [-0.4, -0.2) is 71.8 Å². The van der Waals surface area contributed by atoms with Gasteiger partial charge in [0.25, 0.3) is 0 Å². The lowest BCUT2D eigenvalue weighted by Crippen LogP contribution is -2.33. The van der Waals surface area contributed by atoms with Crippen molar-refractivity contribution in [1.29, 1.82) is 0 Å². The topological polar surface area (TPSA) is 137 Å². The fourth-order valence-electron chi connectivity index (χ4n) is 6.30. The first-order valence-corrected chi connectivity index (χ1v) is 18.9. The van der Waals surface area contributed by atoms with Crippen LogP contribution in [0.5, 0.6) is 17.2 Å². The first-order valence-electron chi connectivity index (χ1n) is 18.9. The van der Waals surface area contributed by atoms with Crippen molar-refractivity contribution in [2.45, 2.75) is 98.2 Å². The van der Waals surface area contributed by atoms with Gasteiger partial charge in [0.15, 0.2) is 0 Å². The quantitative estimate of drug-likeness (QED) is 0.0708. The molecule has 12 nitrogen and oxygen atoms in total. The molecule has 0 fully saturated rings. The van der Waals surface area contributed by atoms with Gasteiger partial charge in [-0.25, -0.2) is 0 Å². The number of benzene rings is 3. The van der Waals surface area contributed by atoms with Crippen LogP contribution in [0.1, 0.15) is 112 Å². The largest absolute Gasteiger partial charge is 0.508 e. The SMILES string of the molecule is CCC(C)c1cc(O)cc(CN(COC)c2nc(N(COC)Cc3cc(O)cc(C(C)CC)c3)nc(N(COC)Cc3cc(C(C)CC)ccc3O)n2)c1. The number of aromatic hydroxyl groups is 3. The van der Waals surface area contributed by atoms with E-state index in [9.17, 15) is 15.3 Å². The van der Waals surface area contributed by atoms with Gasteiger partial charge in [-0.15, -0.1) is 0 Å². The van der Waals surface area contributed by atoms with Gasteiger partial charge in [-0.2, -0.15) is 15.0 Å². The minimum absolute atomic E-state index is 0.125. The van der Waals surface area contributed by atoms with Crippen molar-refractivity contribution in [3.8, 4) is 17.2 Å². The Morgan fingerprint density at radius 3 is 1.30 bits per heavy atom. The molecule has 0 amide bonds. The number of phenols is 3. The van der Waals surface area contributed by atoms with Gasteiger partial charge in [0.05, 0.1) is 6.54 Å². The number of ether oxygens (including phenoxy) is 3. The zero-order valence-electron chi connectivity index (χ0n) is 33.5. The lowest BCUT2D eigenvalue weighted by Gasteiger charge is -2.29. The maximum Gasteiger partial charge on any atom is 0.234 e. The zero-order chi connectivity index (χ0) is 39.4. The van der Waals surface area contributed by atoms with E-state index in [0.29, 0.717) is 42.4 Å². The summed E-state index contributed by atoms with van der Waals surface area (Å²) in [5.41, 5.74) is 5.67. The number of aromatic nitrogens is 3. The maximum absolute atomic E-state index is 11.0. The smallest absolute Gasteiger partial charge is 0.234 e. The van der Waals surface area contributed by atoms with Gasteiger partial charge in [-0.05, 0) is 95.2 Å². The van der Waals surface area contributed by atoms with Crippen molar-refractivity contribution in [2.24, 2.45) is 0 Å². The average Bonchev–Trinajstić information content (AvgIpc) is 3.16. The van der Waals surface area contributed by atoms with Crippen LogP contribution in [0, 0.1) is 0 Å². The molecule has 0 aliphatic carbocycles. The van der Waals surface area contributed by atoms with E-state index in [0.717, 1.165) is 47.1 Å². The summed E-state index contributed by atoms with van der Waals surface area (Å²) >= 11 is 0. The Morgan fingerprint density at radius 2 is 0.907 bits per heavy atom. The van der Waals surface area contributed by atoms with Crippen molar-refractivity contribution < 1.29 is 29.5 Å². The molecule has 0 aliphatic rings. The molecule has 4 rings (SSSR count). The van der Waals surface area contributed by atoms with Crippen molar-refractivity contribution >= 4 is 17.8 Å². The summed E-state index contributed by atoms with van der Waals surface area (Å²) in [5, 5.41) is 32.4. The molecule has 1 aromatic heterocycles. The van der Waals surface area contributed by atoms with Crippen molar-refractivity contribution in [1.82, 2.24) is 15.0 Å². The molecule has 0 radical (unpaired) electrons. The van der Waals surface area contributed by atoms with Gasteiger partial charge in [0.2, 0.25) is 17.8 Å². The highest BCUT2D eigenvalue weighted by atomic mass is 16.5. The van der Waals surface area contributed by atoms with Crippen LogP contribution in [0.25, 0.3) is 0 Å². The molecule has 3 unspecified atom stereocenters. The summed E-state index contributed by atoms with van der Waals surface area (Å²) in [6.07, 6.45) is 2.83. The van der Waals surface area contributed by atoms with E-state index < -0.39 is 0 Å². The van der Waals surface area contributed by atoms with Crippen LogP contribution in [0.2, 0.25) is 0 Å². The predicted molar refractivity (Wildman–Crippen MR) is 214 cm³/mol. The molecule has 3 aromatic carbocycles. The van der Waals surface area contributed by atoms with E-state index in [2.05, 4.69) is 53.7 Å². The fourth-order valence-corrected chi connectivity index (χ4v) is 6.30. The molecule has 4 aromatic rings. The summed E-state index contributed by atoms with van der Waals surface area (Å²) in [6.45, 7) is 14.2. The average molecular weight is 745 g/mol. The number of methoxy groups -OCH3 is 3. The number of hydrogen-bond donors (Lipinski definition) is 3. The summed E-state index contributed by atoms with van der Waals surface area (Å²) < 4.78 is 17.1. The predicted octanol–water partition coefficient (Wildman–Crippen LogP) is 8.36. The van der Waals surface area contributed by atoms with Crippen LogP contribution >= 0.6 is 0 Å². The number of rotatable bonds is 21. The van der Waals surface area contributed by atoms with Crippen LogP contribution in [-0.2, 0) is 33.8 Å². The van der Waals surface area contributed by atoms with E-state index in [1.54, 1.807) is 39.5 Å². The Bertz CT molecular complexity index is 1700. The first kappa shape index (κ1) is 42.1. The molecule has 0 saturated carbocycles.